The topological polar surface area (TPSA) is 66.5 Å². The van der Waals surface area contributed by atoms with Crippen molar-refractivity contribution in [1.29, 1.82) is 0 Å². The summed E-state index contributed by atoms with van der Waals surface area (Å²) in [4.78, 5) is 12.3. The molecule has 0 aliphatic rings. The maximum atomic E-state index is 12.4. The molecule has 0 saturated heterocycles. The number of amides is 1. The van der Waals surface area contributed by atoms with Crippen LogP contribution in [-0.4, -0.2) is 32.2 Å². The van der Waals surface area contributed by atoms with E-state index in [9.17, 15) is 13.2 Å². The van der Waals surface area contributed by atoms with Crippen molar-refractivity contribution in [3.8, 4) is 0 Å². The minimum atomic E-state index is -3.52. The van der Waals surface area contributed by atoms with Crippen molar-refractivity contribution < 1.29 is 13.2 Å². The third-order valence-corrected chi connectivity index (χ3v) is 5.91. The molecule has 134 valence electrons. The Labute approximate surface area is 153 Å². The molecule has 5 nitrogen and oxygen atoms in total. The Morgan fingerprint density at radius 2 is 1.84 bits per heavy atom. The Morgan fingerprint density at radius 3 is 2.52 bits per heavy atom. The number of benzene rings is 2. The highest BCUT2D eigenvalue weighted by atomic mass is 35.5. The molecular formula is C18H21ClN2O3S. The Kier molecular flexibility index (Phi) is 6.58. The summed E-state index contributed by atoms with van der Waals surface area (Å²) < 4.78 is 26.0. The summed E-state index contributed by atoms with van der Waals surface area (Å²) in [7, 11) is -2.01. The molecule has 0 aliphatic heterocycles. The maximum absolute atomic E-state index is 12.4. The molecule has 2 aromatic rings. The zero-order valence-corrected chi connectivity index (χ0v) is 15.8. The minimum Gasteiger partial charge on any atom is -0.326 e. The van der Waals surface area contributed by atoms with Crippen LogP contribution in [0.1, 0.15) is 18.4 Å². The Balaban J connectivity index is 1.87. The standard InChI is InChI=1S/C18H21ClN2O3S/c1-14-10-11-15(19)13-17(14)20-18(22)9-6-12-21(2)25(23,24)16-7-4-3-5-8-16/h3-5,7-8,10-11,13H,6,9,12H2,1-2H3,(H,20,22). The van der Waals surface area contributed by atoms with Gasteiger partial charge in [0.05, 0.1) is 4.90 Å². The van der Waals surface area contributed by atoms with E-state index in [4.69, 9.17) is 11.6 Å². The molecule has 0 aromatic heterocycles. The summed E-state index contributed by atoms with van der Waals surface area (Å²) >= 11 is 5.93. The fourth-order valence-corrected chi connectivity index (χ4v) is 3.70. The van der Waals surface area contributed by atoms with Gasteiger partial charge in [-0.15, -0.1) is 0 Å². The molecule has 0 saturated carbocycles. The second-order valence-electron chi connectivity index (χ2n) is 5.75. The molecule has 2 rings (SSSR count). The van der Waals surface area contributed by atoms with Crippen molar-refractivity contribution >= 4 is 33.2 Å². The monoisotopic (exact) mass is 380 g/mol. The molecule has 1 amide bonds. The van der Waals surface area contributed by atoms with Crippen LogP contribution in [0, 0.1) is 6.92 Å². The number of sulfonamides is 1. The molecule has 0 spiro atoms. The van der Waals surface area contributed by atoms with Crippen LogP contribution in [0.15, 0.2) is 53.4 Å². The summed E-state index contributed by atoms with van der Waals surface area (Å²) in [5.41, 5.74) is 1.59. The second-order valence-corrected chi connectivity index (χ2v) is 8.23. The van der Waals surface area contributed by atoms with Crippen LogP contribution in [0.3, 0.4) is 0 Å². The van der Waals surface area contributed by atoms with Gasteiger partial charge in [-0.25, -0.2) is 12.7 Å². The predicted molar refractivity (Wildman–Crippen MR) is 100 cm³/mol. The molecule has 2 aromatic carbocycles. The summed E-state index contributed by atoms with van der Waals surface area (Å²) in [6.07, 6.45) is 0.647. The van der Waals surface area contributed by atoms with E-state index >= 15 is 0 Å². The van der Waals surface area contributed by atoms with Gasteiger partial charge in [-0.2, -0.15) is 0 Å². The molecule has 0 unspecified atom stereocenters. The van der Waals surface area contributed by atoms with Crippen LogP contribution < -0.4 is 5.32 Å². The lowest BCUT2D eigenvalue weighted by molar-refractivity contribution is -0.116. The molecule has 0 radical (unpaired) electrons. The first kappa shape index (κ1) is 19.4. The average Bonchev–Trinajstić information content (AvgIpc) is 2.58. The zero-order chi connectivity index (χ0) is 18.4. The van der Waals surface area contributed by atoms with Crippen molar-refractivity contribution in [2.24, 2.45) is 0 Å². The van der Waals surface area contributed by atoms with Gasteiger partial charge in [-0.3, -0.25) is 4.79 Å². The van der Waals surface area contributed by atoms with E-state index in [2.05, 4.69) is 5.32 Å². The van der Waals surface area contributed by atoms with Crippen LogP contribution in [0.5, 0.6) is 0 Å². The number of carbonyl (C=O) groups is 1. The lowest BCUT2D eigenvalue weighted by atomic mass is 10.2. The Bertz CT molecular complexity index is 839. The van der Waals surface area contributed by atoms with Gasteiger partial charge in [0.25, 0.3) is 0 Å². The van der Waals surface area contributed by atoms with E-state index in [-0.39, 0.29) is 23.8 Å². The minimum absolute atomic E-state index is 0.170. The maximum Gasteiger partial charge on any atom is 0.242 e. The zero-order valence-electron chi connectivity index (χ0n) is 14.2. The van der Waals surface area contributed by atoms with Crippen molar-refractivity contribution in [2.45, 2.75) is 24.7 Å². The number of anilines is 1. The first-order chi connectivity index (χ1) is 11.8. The number of carbonyl (C=O) groups excluding carboxylic acids is 1. The van der Waals surface area contributed by atoms with Crippen molar-refractivity contribution in [3.05, 3.63) is 59.1 Å². The second kappa shape index (κ2) is 8.47. The van der Waals surface area contributed by atoms with E-state index in [1.54, 1.807) is 42.5 Å². The van der Waals surface area contributed by atoms with E-state index < -0.39 is 10.0 Å². The quantitative estimate of drug-likeness (QED) is 0.796. The van der Waals surface area contributed by atoms with Gasteiger partial charge in [0.15, 0.2) is 0 Å². The molecule has 0 atom stereocenters. The molecule has 0 fully saturated rings. The summed E-state index contributed by atoms with van der Waals surface area (Å²) in [5, 5.41) is 3.35. The fraction of sp³-hybridized carbons (Fsp3) is 0.278. The first-order valence-corrected chi connectivity index (χ1v) is 9.70. The molecule has 25 heavy (non-hydrogen) atoms. The number of nitrogens with zero attached hydrogens (tertiary/aromatic N) is 1. The van der Waals surface area contributed by atoms with E-state index in [0.717, 1.165) is 5.56 Å². The summed E-state index contributed by atoms with van der Waals surface area (Å²) in [6, 6.07) is 13.5. The number of nitrogens with one attached hydrogen (secondary N) is 1. The molecule has 0 aliphatic carbocycles. The molecule has 7 heteroatoms. The SMILES string of the molecule is Cc1ccc(Cl)cc1NC(=O)CCCN(C)S(=O)(=O)c1ccccc1. The molecule has 1 N–H and O–H groups in total. The molecule has 0 heterocycles. The highest BCUT2D eigenvalue weighted by Gasteiger charge is 2.20. The number of halogens is 1. The van der Waals surface area contributed by atoms with Gasteiger partial charge in [0, 0.05) is 30.7 Å². The van der Waals surface area contributed by atoms with Gasteiger partial charge in [-0.05, 0) is 43.2 Å². The van der Waals surface area contributed by atoms with Gasteiger partial charge < -0.3 is 5.32 Å². The van der Waals surface area contributed by atoms with Crippen LogP contribution in [0.2, 0.25) is 5.02 Å². The number of aryl methyl sites for hydroxylation is 1. The lowest BCUT2D eigenvalue weighted by Gasteiger charge is -2.17. The van der Waals surface area contributed by atoms with E-state index in [1.807, 2.05) is 13.0 Å². The molecule has 0 bridgehead atoms. The van der Waals surface area contributed by atoms with Gasteiger partial charge in [-0.1, -0.05) is 35.9 Å². The average molecular weight is 381 g/mol. The summed E-state index contributed by atoms with van der Waals surface area (Å²) in [5.74, 6) is -0.170. The van der Waals surface area contributed by atoms with E-state index in [0.29, 0.717) is 17.1 Å². The Morgan fingerprint density at radius 1 is 1.16 bits per heavy atom. The summed E-state index contributed by atoms with van der Waals surface area (Å²) in [6.45, 7) is 2.14. The van der Waals surface area contributed by atoms with Crippen LogP contribution >= 0.6 is 11.6 Å². The van der Waals surface area contributed by atoms with Gasteiger partial charge in [0.2, 0.25) is 15.9 Å². The smallest absolute Gasteiger partial charge is 0.242 e. The normalized spacial score (nSPS) is 11.5. The third-order valence-electron chi connectivity index (χ3n) is 3.80. The van der Waals surface area contributed by atoms with Gasteiger partial charge >= 0.3 is 0 Å². The van der Waals surface area contributed by atoms with Crippen molar-refractivity contribution in [3.63, 3.8) is 0 Å². The third kappa shape index (κ3) is 5.29. The number of hydrogen-bond acceptors (Lipinski definition) is 3. The lowest BCUT2D eigenvalue weighted by Crippen LogP contribution is -2.28. The van der Waals surface area contributed by atoms with E-state index in [1.165, 1.54) is 11.4 Å². The van der Waals surface area contributed by atoms with Crippen molar-refractivity contribution in [2.75, 3.05) is 18.9 Å². The first-order valence-electron chi connectivity index (χ1n) is 7.88. The highest BCUT2D eigenvalue weighted by Crippen LogP contribution is 2.20. The van der Waals surface area contributed by atoms with Crippen LogP contribution in [0.4, 0.5) is 5.69 Å². The fourth-order valence-electron chi connectivity index (χ4n) is 2.30. The number of hydrogen-bond donors (Lipinski definition) is 1. The van der Waals surface area contributed by atoms with Crippen LogP contribution in [0.25, 0.3) is 0 Å². The largest absolute Gasteiger partial charge is 0.326 e. The van der Waals surface area contributed by atoms with Crippen molar-refractivity contribution in [1.82, 2.24) is 4.31 Å². The van der Waals surface area contributed by atoms with Gasteiger partial charge in [0.1, 0.15) is 0 Å². The number of rotatable bonds is 7. The Hall–Kier alpha value is -1.89. The van der Waals surface area contributed by atoms with Crippen LogP contribution in [-0.2, 0) is 14.8 Å². The predicted octanol–water partition coefficient (Wildman–Crippen LogP) is 3.69. The molecular weight excluding hydrogens is 360 g/mol. The highest BCUT2D eigenvalue weighted by molar-refractivity contribution is 7.89.